The third kappa shape index (κ3) is 4.10. The summed E-state index contributed by atoms with van der Waals surface area (Å²) < 4.78 is 5.21. The summed E-state index contributed by atoms with van der Waals surface area (Å²) in [6.07, 6.45) is 3.86. The molecule has 0 bridgehead atoms. The predicted molar refractivity (Wildman–Crippen MR) is 80.4 cm³/mol. The number of rotatable bonds is 4. The summed E-state index contributed by atoms with van der Waals surface area (Å²) in [5.74, 6) is 0.572. The van der Waals surface area contributed by atoms with Gasteiger partial charge in [0.1, 0.15) is 11.8 Å². The molecule has 1 amide bonds. The van der Waals surface area contributed by atoms with Crippen molar-refractivity contribution in [1.82, 2.24) is 4.90 Å². The van der Waals surface area contributed by atoms with Crippen LogP contribution in [0.4, 0.5) is 0 Å². The molecule has 113 valence electrons. The molecule has 2 rings (SSSR count). The molecule has 0 saturated carbocycles. The summed E-state index contributed by atoms with van der Waals surface area (Å²) in [7, 11) is 0. The van der Waals surface area contributed by atoms with E-state index >= 15 is 0 Å². The Balaban J connectivity index is 0.00000242. The van der Waals surface area contributed by atoms with Gasteiger partial charge in [-0.15, -0.1) is 28.9 Å². The number of benzene rings is 1. The minimum atomic E-state index is -0.0503. The van der Waals surface area contributed by atoms with Crippen molar-refractivity contribution in [3.05, 3.63) is 34.9 Å². The predicted octanol–water partition coefficient (Wildman–Crippen LogP) is 3.27. The second kappa shape index (κ2) is 8.67. The van der Waals surface area contributed by atoms with Gasteiger partial charge in [-0.25, -0.2) is 6.08 Å². The molecule has 1 atom stereocenters. The van der Waals surface area contributed by atoms with Gasteiger partial charge in [0.25, 0.3) is 0 Å². The third-order valence-electron chi connectivity index (χ3n) is 3.35. The van der Waals surface area contributed by atoms with Crippen LogP contribution in [0.5, 0.6) is 5.75 Å². The van der Waals surface area contributed by atoms with Crippen LogP contribution in [-0.4, -0.2) is 24.0 Å². The van der Waals surface area contributed by atoms with E-state index in [2.05, 4.69) is 6.08 Å². The Hall–Kier alpha value is -0.886. The van der Waals surface area contributed by atoms with Gasteiger partial charge in [-0.1, -0.05) is 13.3 Å². The molecule has 6 heteroatoms. The quantitative estimate of drug-likeness (QED) is 0.739. The minimum absolute atomic E-state index is 0. The number of carbonyl (C=O) groups is 1. The SMILES string of the molecule is CCN1C(=O)C(C)C[C-]=C1c1ccc(OCC#N)cc1Cl.[Y]. The van der Waals surface area contributed by atoms with Gasteiger partial charge in [0.15, 0.2) is 6.61 Å². The van der Waals surface area contributed by atoms with Crippen LogP contribution < -0.4 is 4.74 Å². The summed E-state index contributed by atoms with van der Waals surface area (Å²) in [5, 5.41) is 8.99. The first kappa shape index (κ1) is 19.2. The Morgan fingerprint density at radius 3 is 2.86 bits per heavy atom. The Kier molecular flexibility index (Phi) is 7.55. The first-order valence-corrected chi connectivity index (χ1v) is 7.18. The first-order chi connectivity index (χ1) is 10.1. The standard InChI is InChI=1S/C16H16ClN2O2.Y/c1-3-19-15(7-4-11(2)16(19)20)13-6-5-12(10-14(13)17)21-9-8-18;/h5-6,10-11H,3-4,9H2,1-2H3;/q-1;. The second-order valence-corrected chi connectivity index (χ2v) is 5.21. The summed E-state index contributed by atoms with van der Waals surface area (Å²) in [5.41, 5.74) is 1.47. The molecule has 22 heavy (non-hydrogen) atoms. The molecule has 0 fully saturated rings. The summed E-state index contributed by atoms with van der Waals surface area (Å²) in [6.45, 7) is 4.38. The maximum atomic E-state index is 12.2. The van der Waals surface area contributed by atoms with Gasteiger partial charge >= 0.3 is 0 Å². The number of nitriles is 1. The van der Waals surface area contributed by atoms with E-state index in [0.29, 0.717) is 23.7 Å². The number of nitrogens with zero attached hydrogens (tertiary/aromatic N) is 2. The van der Waals surface area contributed by atoms with E-state index in [1.807, 2.05) is 19.9 Å². The van der Waals surface area contributed by atoms with Crippen molar-refractivity contribution in [2.75, 3.05) is 13.2 Å². The zero-order valence-electron chi connectivity index (χ0n) is 12.6. The van der Waals surface area contributed by atoms with E-state index in [9.17, 15) is 4.79 Å². The first-order valence-electron chi connectivity index (χ1n) is 6.80. The average molecular weight is 393 g/mol. The van der Waals surface area contributed by atoms with Gasteiger partial charge in [-0.05, 0) is 24.1 Å². The van der Waals surface area contributed by atoms with Gasteiger partial charge in [-0.3, -0.25) is 4.79 Å². The summed E-state index contributed by atoms with van der Waals surface area (Å²) in [6, 6.07) is 7.09. The third-order valence-corrected chi connectivity index (χ3v) is 3.66. The largest absolute Gasteiger partial charge is 0.479 e. The van der Waals surface area contributed by atoms with Crippen LogP contribution >= 0.6 is 11.6 Å². The fourth-order valence-electron chi connectivity index (χ4n) is 2.26. The Morgan fingerprint density at radius 2 is 2.27 bits per heavy atom. The van der Waals surface area contributed by atoms with E-state index in [-0.39, 0.29) is 51.1 Å². The fourth-order valence-corrected chi connectivity index (χ4v) is 2.52. The van der Waals surface area contributed by atoms with Crippen LogP contribution in [0.3, 0.4) is 0 Å². The summed E-state index contributed by atoms with van der Waals surface area (Å²) in [4.78, 5) is 13.9. The van der Waals surface area contributed by atoms with Crippen LogP contribution in [-0.2, 0) is 37.5 Å². The molecule has 0 saturated heterocycles. The number of hydrogen-bond donors (Lipinski definition) is 0. The molecule has 0 spiro atoms. The molecule has 1 radical (unpaired) electrons. The number of halogens is 1. The van der Waals surface area contributed by atoms with Crippen LogP contribution in [0, 0.1) is 23.3 Å². The van der Waals surface area contributed by atoms with Crippen molar-refractivity contribution in [1.29, 1.82) is 5.26 Å². The number of ether oxygens (including phenoxy) is 1. The molecule has 1 heterocycles. The molecule has 0 aliphatic carbocycles. The summed E-state index contributed by atoms with van der Waals surface area (Å²) >= 11 is 6.29. The number of carbonyl (C=O) groups excluding carboxylic acids is 1. The van der Waals surface area contributed by atoms with Gasteiger partial charge in [0, 0.05) is 45.2 Å². The average Bonchev–Trinajstić information content (AvgIpc) is 2.48. The van der Waals surface area contributed by atoms with Crippen molar-refractivity contribution in [3.63, 3.8) is 0 Å². The van der Waals surface area contributed by atoms with Gasteiger partial charge in [0.2, 0.25) is 5.91 Å². The molecule has 1 aromatic carbocycles. The van der Waals surface area contributed by atoms with Crippen LogP contribution in [0.2, 0.25) is 5.02 Å². The topological polar surface area (TPSA) is 53.3 Å². The molecule has 1 aliphatic heterocycles. The van der Waals surface area contributed by atoms with E-state index in [1.54, 1.807) is 23.1 Å². The van der Waals surface area contributed by atoms with Crippen LogP contribution in [0.25, 0.3) is 5.70 Å². The van der Waals surface area contributed by atoms with Gasteiger partial charge in [-0.2, -0.15) is 5.26 Å². The molecule has 4 nitrogen and oxygen atoms in total. The Morgan fingerprint density at radius 1 is 1.55 bits per heavy atom. The van der Waals surface area contributed by atoms with Crippen molar-refractivity contribution in [2.24, 2.45) is 5.92 Å². The molecular weight excluding hydrogens is 377 g/mol. The normalized spacial score (nSPS) is 17.4. The maximum Gasteiger partial charge on any atom is 0.225 e. The van der Waals surface area contributed by atoms with Crippen molar-refractivity contribution in [3.8, 4) is 11.8 Å². The molecule has 0 aromatic heterocycles. The van der Waals surface area contributed by atoms with E-state index in [1.165, 1.54) is 0 Å². The van der Waals surface area contributed by atoms with Crippen molar-refractivity contribution < 1.29 is 42.2 Å². The molecule has 0 N–H and O–H groups in total. The Bertz CT molecular complexity index is 625. The van der Waals surface area contributed by atoms with Gasteiger partial charge in [0.05, 0.1) is 0 Å². The molecular formula is C16H16ClN2O2Y-. The van der Waals surface area contributed by atoms with E-state index in [0.717, 1.165) is 11.3 Å². The van der Waals surface area contributed by atoms with Crippen LogP contribution in [0.15, 0.2) is 18.2 Å². The monoisotopic (exact) mass is 392 g/mol. The van der Waals surface area contributed by atoms with E-state index in [4.69, 9.17) is 21.6 Å². The Labute approximate surface area is 160 Å². The molecule has 1 aromatic rings. The second-order valence-electron chi connectivity index (χ2n) is 4.80. The van der Waals surface area contributed by atoms with Gasteiger partial charge < -0.3 is 9.64 Å². The number of amides is 1. The molecule has 1 unspecified atom stereocenters. The number of allylic oxidation sites excluding steroid dienone is 1. The zero-order chi connectivity index (χ0) is 15.4. The van der Waals surface area contributed by atoms with Crippen LogP contribution in [0.1, 0.15) is 25.8 Å². The van der Waals surface area contributed by atoms with Crippen molar-refractivity contribution in [2.45, 2.75) is 20.3 Å². The van der Waals surface area contributed by atoms with E-state index < -0.39 is 0 Å². The minimum Gasteiger partial charge on any atom is -0.479 e. The van der Waals surface area contributed by atoms with Crippen molar-refractivity contribution >= 4 is 23.2 Å². The number of hydrogen-bond acceptors (Lipinski definition) is 3. The maximum absolute atomic E-state index is 12.2. The fraction of sp³-hybridized carbons (Fsp3) is 0.375. The molecule has 1 aliphatic rings. The zero-order valence-corrected chi connectivity index (χ0v) is 16.2. The smallest absolute Gasteiger partial charge is 0.225 e.